The van der Waals surface area contributed by atoms with Crippen LogP contribution >= 0.6 is 11.3 Å². The van der Waals surface area contributed by atoms with Gasteiger partial charge in [0.05, 0.1) is 49.8 Å². The molecule has 1 atom stereocenters. The number of carbonyl (C=O) groups excluding carboxylic acids is 1. The minimum absolute atomic E-state index is 0.147. The first kappa shape index (κ1) is 28.4. The maximum atomic E-state index is 13.8. The standard InChI is InChI=1S/C28H28N2O9S/c1-6-38-27(34)23-15(2)29-28-30(24(23)17-12-19(35-3)25(37-5)20(13-17)36-4)26(33)21(40-28)11-16-7-9-18(10-8-16)39-14-22(31)32/h7-13,24H,6,14H2,1-5H3,(H,31,32)/b21-11-. The van der Waals surface area contributed by atoms with E-state index in [-0.39, 0.29) is 17.7 Å². The Kier molecular flexibility index (Phi) is 8.58. The number of ether oxygens (including phenoxy) is 5. The van der Waals surface area contributed by atoms with E-state index in [4.69, 9.17) is 28.8 Å². The highest BCUT2D eigenvalue weighted by atomic mass is 32.1. The summed E-state index contributed by atoms with van der Waals surface area (Å²) in [5.41, 5.74) is 1.51. The van der Waals surface area contributed by atoms with Gasteiger partial charge in [-0.25, -0.2) is 14.6 Å². The van der Waals surface area contributed by atoms with Gasteiger partial charge in [0.15, 0.2) is 22.9 Å². The average Bonchev–Trinajstić information content (AvgIpc) is 3.24. The van der Waals surface area contributed by atoms with E-state index in [2.05, 4.69) is 4.99 Å². The predicted octanol–water partition coefficient (Wildman–Crippen LogP) is 2.29. The van der Waals surface area contributed by atoms with Crippen LogP contribution in [0.4, 0.5) is 0 Å². The fourth-order valence-electron chi connectivity index (χ4n) is 4.32. The highest BCUT2D eigenvalue weighted by molar-refractivity contribution is 7.07. The normalized spacial score (nSPS) is 14.7. The molecule has 210 valence electrons. The molecule has 12 heteroatoms. The topological polar surface area (TPSA) is 135 Å². The number of hydrogen-bond donors (Lipinski definition) is 1. The summed E-state index contributed by atoms with van der Waals surface area (Å²) < 4.78 is 28.9. The van der Waals surface area contributed by atoms with Crippen molar-refractivity contribution < 1.29 is 38.4 Å². The van der Waals surface area contributed by atoms with Crippen molar-refractivity contribution in [2.45, 2.75) is 19.9 Å². The van der Waals surface area contributed by atoms with E-state index in [1.165, 1.54) is 37.2 Å². The number of esters is 1. The van der Waals surface area contributed by atoms with Crippen LogP contribution in [0.25, 0.3) is 6.08 Å². The van der Waals surface area contributed by atoms with Gasteiger partial charge in [-0.05, 0) is 55.3 Å². The van der Waals surface area contributed by atoms with Crippen molar-refractivity contribution >= 4 is 29.4 Å². The molecule has 11 nitrogen and oxygen atoms in total. The summed E-state index contributed by atoms with van der Waals surface area (Å²) in [4.78, 5) is 42.7. The van der Waals surface area contributed by atoms with E-state index >= 15 is 0 Å². The fraction of sp³-hybridized carbons (Fsp3) is 0.286. The SMILES string of the molecule is CCOC(=O)C1=C(C)N=c2s/c(=C\c3ccc(OCC(=O)O)cc3)c(=O)n2C1c1cc(OC)c(OC)c(OC)c1. The Morgan fingerprint density at radius 1 is 1.07 bits per heavy atom. The minimum atomic E-state index is -1.08. The first-order valence-electron chi connectivity index (χ1n) is 12.2. The van der Waals surface area contributed by atoms with Gasteiger partial charge in [-0.15, -0.1) is 0 Å². The van der Waals surface area contributed by atoms with Crippen molar-refractivity contribution in [3.63, 3.8) is 0 Å². The van der Waals surface area contributed by atoms with E-state index in [1.54, 1.807) is 56.3 Å². The first-order chi connectivity index (χ1) is 19.2. The van der Waals surface area contributed by atoms with Gasteiger partial charge in [0.1, 0.15) is 5.75 Å². The molecule has 0 bridgehead atoms. The van der Waals surface area contributed by atoms with E-state index in [9.17, 15) is 14.4 Å². The number of aromatic nitrogens is 1. The maximum absolute atomic E-state index is 13.8. The van der Waals surface area contributed by atoms with Crippen molar-refractivity contribution in [1.29, 1.82) is 0 Å². The van der Waals surface area contributed by atoms with Crippen molar-refractivity contribution in [3.8, 4) is 23.0 Å². The van der Waals surface area contributed by atoms with E-state index in [1.807, 2.05) is 0 Å². The molecule has 0 spiro atoms. The third-order valence-corrected chi connectivity index (χ3v) is 7.04. The number of carbonyl (C=O) groups is 2. The molecule has 0 fully saturated rings. The third kappa shape index (κ3) is 5.57. The number of thiazole rings is 1. The average molecular weight is 569 g/mol. The van der Waals surface area contributed by atoms with Gasteiger partial charge in [0, 0.05) is 0 Å². The zero-order valence-corrected chi connectivity index (χ0v) is 23.4. The largest absolute Gasteiger partial charge is 0.493 e. The molecule has 1 aliphatic heterocycles. The highest BCUT2D eigenvalue weighted by Gasteiger charge is 2.34. The lowest BCUT2D eigenvalue weighted by Crippen LogP contribution is -2.40. The number of carboxylic acid groups (broad SMARTS) is 1. The Labute approximate surface area is 233 Å². The summed E-state index contributed by atoms with van der Waals surface area (Å²) in [7, 11) is 4.46. The Bertz CT molecular complexity index is 1630. The number of aliphatic carboxylic acids is 1. The van der Waals surface area contributed by atoms with Gasteiger partial charge >= 0.3 is 11.9 Å². The molecule has 40 heavy (non-hydrogen) atoms. The molecular weight excluding hydrogens is 540 g/mol. The summed E-state index contributed by atoms with van der Waals surface area (Å²) in [6.45, 7) is 3.09. The lowest BCUT2D eigenvalue weighted by atomic mass is 9.95. The number of allylic oxidation sites excluding steroid dienone is 1. The highest BCUT2D eigenvalue weighted by Crippen LogP contribution is 2.42. The molecule has 1 aromatic heterocycles. The summed E-state index contributed by atoms with van der Waals surface area (Å²) >= 11 is 1.18. The van der Waals surface area contributed by atoms with Crippen molar-refractivity contribution in [2.24, 2.45) is 4.99 Å². The van der Waals surface area contributed by atoms with Gasteiger partial charge in [0.25, 0.3) is 5.56 Å². The van der Waals surface area contributed by atoms with Crippen LogP contribution in [-0.4, -0.2) is 56.2 Å². The lowest BCUT2D eigenvalue weighted by molar-refractivity contribution is -0.140. The fourth-order valence-corrected chi connectivity index (χ4v) is 5.37. The van der Waals surface area contributed by atoms with Crippen LogP contribution in [0.5, 0.6) is 23.0 Å². The molecule has 1 N–H and O–H groups in total. The second-order valence-corrected chi connectivity index (χ2v) is 9.52. The Morgan fingerprint density at radius 3 is 2.27 bits per heavy atom. The van der Waals surface area contributed by atoms with Crippen LogP contribution in [0, 0.1) is 0 Å². The van der Waals surface area contributed by atoms with Crippen LogP contribution in [0.1, 0.15) is 31.0 Å². The number of nitrogens with zero attached hydrogens (tertiary/aromatic N) is 2. The molecule has 2 aromatic carbocycles. The summed E-state index contributed by atoms with van der Waals surface area (Å²) in [6, 6.07) is 9.16. The Balaban J connectivity index is 1.89. The molecule has 4 rings (SSSR count). The zero-order valence-electron chi connectivity index (χ0n) is 22.5. The minimum Gasteiger partial charge on any atom is -0.493 e. The van der Waals surface area contributed by atoms with E-state index in [0.717, 1.165) is 0 Å². The van der Waals surface area contributed by atoms with Crippen LogP contribution in [0.2, 0.25) is 0 Å². The van der Waals surface area contributed by atoms with E-state index < -0.39 is 24.6 Å². The molecule has 1 unspecified atom stereocenters. The molecule has 0 saturated carbocycles. The van der Waals surface area contributed by atoms with Gasteiger partial charge in [0.2, 0.25) is 5.75 Å². The second-order valence-electron chi connectivity index (χ2n) is 8.51. The molecule has 3 aromatic rings. The number of carboxylic acids is 1. The number of methoxy groups -OCH3 is 3. The first-order valence-corrected chi connectivity index (χ1v) is 13.0. The van der Waals surface area contributed by atoms with Crippen molar-refractivity contribution in [3.05, 3.63) is 78.5 Å². The lowest BCUT2D eigenvalue weighted by Gasteiger charge is -2.26. The maximum Gasteiger partial charge on any atom is 0.341 e. The predicted molar refractivity (Wildman–Crippen MR) is 146 cm³/mol. The Hall–Kier alpha value is -4.58. The monoisotopic (exact) mass is 568 g/mol. The summed E-state index contributed by atoms with van der Waals surface area (Å²) in [5.74, 6) is -0.185. The smallest absolute Gasteiger partial charge is 0.341 e. The van der Waals surface area contributed by atoms with Crippen LogP contribution < -0.4 is 33.8 Å². The van der Waals surface area contributed by atoms with Gasteiger partial charge in [-0.3, -0.25) is 9.36 Å². The Morgan fingerprint density at radius 2 is 1.73 bits per heavy atom. The molecule has 0 amide bonds. The molecule has 2 heterocycles. The third-order valence-electron chi connectivity index (χ3n) is 6.06. The number of rotatable bonds is 10. The van der Waals surface area contributed by atoms with Crippen molar-refractivity contribution in [2.75, 3.05) is 34.5 Å². The van der Waals surface area contributed by atoms with Crippen LogP contribution in [0.3, 0.4) is 0 Å². The molecule has 0 saturated heterocycles. The molecule has 0 radical (unpaired) electrons. The second kappa shape index (κ2) is 12.1. The zero-order chi connectivity index (χ0) is 29.0. The number of hydrogen-bond acceptors (Lipinski definition) is 10. The molecule has 1 aliphatic rings. The summed E-state index contributed by atoms with van der Waals surface area (Å²) in [5, 5.41) is 8.80. The summed E-state index contributed by atoms with van der Waals surface area (Å²) in [6.07, 6.45) is 1.69. The molecular formula is C28H28N2O9S. The van der Waals surface area contributed by atoms with Gasteiger partial charge in [-0.2, -0.15) is 0 Å². The van der Waals surface area contributed by atoms with Gasteiger partial charge < -0.3 is 28.8 Å². The van der Waals surface area contributed by atoms with Crippen LogP contribution in [0.15, 0.2) is 57.5 Å². The van der Waals surface area contributed by atoms with Gasteiger partial charge in [-0.1, -0.05) is 23.5 Å². The number of fused-ring (bicyclic) bond motifs is 1. The van der Waals surface area contributed by atoms with Crippen LogP contribution in [-0.2, 0) is 14.3 Å². The van der Waals surface area contributed by atoms with Crippen molar-refractivity contribution in [1.82, 2.24) is 4.57 Å². The molecule has 0 aliphatic carbocycles. The van der Waals surface area contributed by atoms with E-state index in [0.29, 0.717) is 49.2 Å². The quantitative estimate of drug-likeness (QED) is 0.366. The number of benzene rings is 2.